The van der Waals surface area contributed by atoms with Crippen molar-refractivity contribution < 1.29 is 24.2 Å². The van der Waals surface area contributed by atoms with Crippen LogP contribution in [-0.2, 0) is 19.1 Å². The zero-order valence-corrected chi connectivity index (χ0v) is 19.1. The lowest BCUT2D eigenvalue weighted by molar-refractivity contribution is -0.172. The summed E-state index contributed by atoms with van der Waals surface area (Å²) < 4.78 is 10.8. The second-order valence-electron chi connectivity index (χ2n) is 7.28. The normalized spacial score (nSPS) is 12.4. The zero-order chi connectivity index (χ0) is 21.8. The number of halogens is 1. The Balaban J connectivity index is 5.29. The number of carbonyl (C=O) groups is 2. The molecule has 0 spiro atoms. The van der Waals surface area contributed by atoms with Gasteiger partial charge in [-0.1, -0.05) is 48.4 Å². The van der Waals surface area contributed by atoms with Gasteiger partial charge in [0, 0.05) is 18.3 Å². The Morgan fingerprint density at radius 1 is 1.21 bits per heavy atom. The summed E-state index contributed by atoms with van der Waals surface area (Å²) in [5, 5.41) is 10.2. The number of allylic oxidation sites excluding steroid dienone is 2. The molecule has 1 unspecified atom stereocenters. The van der Waals surface area contributed by atoms with Crippen molar-refractivity contribution in [1.82, 2.24) is 0 Å². The summed E-state index contributed by atoms with van der Waals surface area (Å²) in [5.74, 6) is 4.55. The molecule has 0 aromatic heterocycles. The standard InChI is InChI=1S/C22H33BrO5/c1-7-14-21(5,6)18(24)13-11-10-12-15-22(16-17(4)23,19(25)27-8-2)20(26)28-9-3/h7,18,24H,1,4,8-10,12,14-16H2,2-3,5-6H3. The predicted molar refractivity (Wildman–Crippen MR) is 115 cm³/mol. The lowest BCUT2D eigenvalue weighted by Gasteiger charge is -2.28. The summed E-state index contributed by atoms with van der Waals surface area (Å²) in [6.07, 6.45) is 2.82. The molecule has 28 heavy (non-hydrogen) atoms. The molecule has 6 heteroatoms. The van der Waals surface area contributed by atoms with Gasteiger partial charge < -0.3 is 14.6 Å². The fourth-order valence-electron chi connectivity index (χ4n) is 2.71. The van der Waals surface area contributed by atoms with E-state index < -0.39 is 23.5 Å². The first-order chi connectivity index (χ1) is 13.1. The summed E-state index contributed by atoms with van der Waals surface area (Å²) in [6, 6.07) is 0. The maximum Gasteiger partial charge on any atom is 0.323 e. The van der Waals surface area contributed by atoms with Gasteiger partial charge in [0.25, 0.3) is 0 Å². The average Bonchev–Trinajstić information content (AvgIpc) is 2.60. The molecule has 0 aliphatic carbocycles. The van der Waals surface area contributed by atoms with Gasteiger partial charge >= 0.3 is 11.9 Å². The summed E-state index contributed by atoms with van der Waals surface area (Å²) in [6.45, 7) is 15.0. The number of hydrogen-bond acceptors (Lipinski definition) is 5. The third-order valence-electron chi connectivity index (χ3n) is 4.38. The summed E-state index contributed by atoms with van der Waals surface area (Å²) >= 11 is 3.25. The van der Waals surface area contributed by atoms with Crippen molar-refractivity contribution in [2.45, 2.75) is 65.9 Å². The van der Waals surface area contributed by atoms with Crippen LogP contribution in [0.3, 0.4) is 0 Å². The molecule has 0 bridgehead atoms. The number of carbonyl (C=O) groups excluding carboxylic acids is 2. The Morgan fingerprint density at radius 2 is 1.75 bits per heavy atom. The predicted octanol–water partition coefficient (Wildman–Crippen LogP) is 4.53. The van der Waals surface area contributed by atoms with Crippen LogP contribution < -0.4 is 0 Å². The number of hydrogen-bond donors (Lipinski definition) is 1. The van der Waals surface area contributed by atoms with Crippen molar-refractivity contribution in [3.63, 3.8) is 0 Å². The Labute approximate surface area is 177 Å². The van der Waals surface area contributed by atoms with E-state index in [0.717, 1.165) is 0 Å². The third kappa shape index (κ3) is 8.20. The van der Waals surface area contributed by atoms with Crippen molar-refractivity contribution in [3.05, 3.63) is 23.7 Å². The summed E-state index contributed by atoms with van der Waals surface area (Å²) in [5.41, 5.74) is -1.84. The van der Waals surface area contributed by atoms with Gasteiger partial charge in [-0.3, -0.25) is 9.59 Å². The number of aliphatic hydroxyl groups is 1. The molecule has 0 saturated heterocycles. The molecule has 0 radical (unpaired) electrons. The van der Waals surface area contributed by atoms with Crippen LogP contribution in [0.2, 0.25) is 0 Å². The number of aliphatic hydroxyl groups excluding tert-OH is 1. The van der Waals surface area contributed by atoms with Gasteiger partial charge in [0.1, 0.15) is 6.10 Å². The molecule has 0 saturated carbocycles. The first-order valence-corrected chi connectivity index (χ1v) is 10.3. The fourth-order valence-corrected chi connectivity index (χ4v) is 3.19. The molecular weight excluding hydrogens is 424 g/mol. The monoisotopic (exact) mass is 456 g/mol. The number of ether oxygens (including phenoxy) is 2. The van der Waals surface area contributed by atoms with E-state index in [1.807, 2.05) is 13.8 Å². The molecule has 0 aliphatic rings. The Morgan fingerprint density at radius 3 is 2.18 bits per heavy atom. The molecule has 0 amide bonds. The van der Waals surface area contributed by atoms with E-state index >= 15 is 0 Å². The SMILES string of the molecule is C=CCC(C)(C)C(O)C#CCCCC(CC(=C)Br)(C(=O)OCC)C(=O)OCC. The molecule has 0 aromatic rings. The van der Waals surface area contributed by atoms with Crippen molar-refractivity contribution >= 4 is 27.9 Å². The van der Waals surface area contributed by atoms with Crippen LogP contribution in [-0.4, -0.2) is 36.4 Å². The minimum Gasteiger partial charge on any atom is -0.465 e. The highest BCUT2D eigenvalue weighted by Crippen LogP contribution is 2.37. The van der Waals surface area contributed by atoms with E-state index in [2.05, 4.69) is 40.9 Å². The van der Waals surface area contributed by atoms with Crippen LogP contribution in [0.1, 0.15) is 59.8 Å². The average molecular weight is 457 g/mol. The molecule has 1 atom stereocenters. The largest absolute Gasteiger partial charge is 0.465 e. The summed E-state index contributed by atoms with van der Waals surface area (Å²) in [7, 11) is 0. The topological polar surface area (TPSA) is 72.8 Å². The molecule has 0 heterocycles. The second kappa shape index (κ2) is 12.8. The van der Waals surface area contributed by atoms with Gasteiger partial charge in [-0.15, -0.1) is 12.5 Å². The van der Waals surface area contributed by atoms with Crippen molar-refractivity contribution in [1.29, 1.82) is 0 Å². The summed E-state index contributed by atoms with van der Waals surface area (Å²) in [4.78, 5) is 25.2. The molecule has 5 nitrogen and oxygen atoms in total. The van der Waals surface area contributed by atoms with Crippen molar-refractivity contribution in [2.75, 3.05) is 13.2 Å². The fraction of sp³-hybridized carbons (Fsp3) is 0.636. The van der Waals surface area contributed by atoms with Gasteiger partial charge in [0.05, 0.1) is 13.2 Å². The maximum atomic E-state index is 12.6. The van der Waals surface area contributed by atoms with Crippen LogP contribution in [0.15, 0.2) is 23.7 Å². The van der Waals surface area contributed by atoms with Crippen LogP contribution >= 0.6 is 15.9 Å². The van der Waals surface area contributed by atoms with E-state index in [1.54, 1.807) is 19.9 Å². The Bertz CT molecular complexity index is 594. The quantitative estimate of drug-likeness (QED) is 0.153. The van der Waals surface area contributed by atoms with Gasteiger partial charge in [0.2, 0.25) is 0 Å². The van der Waals surface area contributed by atoms with Crippen LogP contribution in [0.5, 0.6) is 0 Å². The van der Waals surface area contributed by atoms with Crippen molar-refractivity contribution in [3.8, 4) is 11.8 Å². The van der Waals surface area contributed by atoms with Gasteiger partial charge in [0.15, 0.2) is 5.41 Å². The van der Waals surface area contributed by atoms with Crippen LogP contribution in [0.25, 0.3) is 0 Å². The van der Waals surface area contributed by atoms with Gasteiger partial charge in [-0.25, -0.2) is 0 Å². The van der Waals surface area contributed by atoms with Crippen LogP contribution in [0, 0.1) is 22.7 Å². The van der Waals surface area contributed by atoms with E-state index in [4.69, 9.17) is 9.47 Å². The van der Waals surface area contributed by atoms with E-state index in [9.17, 15) is 14.7 Å². The zero-order valence-electron chi connectivity index (χ0n) is 17.5. The first-order valence-electron chi connectivity index (χ1n) is 9.52. The second-order valence-corrected chi connectivity index (χ2v) is 8.40. The molecule has 0 rings (SSSR count). The Hall–Kier alpha value is -1.58. The van der Waals surface area contributed by atoms with E-state index in [1.165, 1.54) is 0 Å². The highest BCUT2D eigenvalue weighted by molar-refractivity contribution is 9.11. The van der Waals surface area contributed by atoms with E-state index in [0.29, 0.717) is 23.7 Å². The highest BCUT2D eigenvalue weighted by atomic mass is 79.9. The molecule has 158 valence electrons. The first kappa shape index (κ1) is 26.4. The molecule has 0 aliphatic heterocycles. The third-order valence-corrected chi connectivity index (χ3v) is 4.66. The molecule has 1 N–H and O–H groups in total. The highest BCUT2D eigenvalue weighted by Gasteiger charge is 2.48. The van der Waals surface area contributed by atoms with E-state index in [-0.39, 0.29) is 31.5 Å². The Kier molecular flexibility index (Phi) is 12.1. The number of esters is 2. The maximum absolute atomic E-state index is 12.6. The minimum atomic E-state index is -1.45. The lowest BCUT2D eigenvalue weighted by atomic mass is 9.79. The molecular formula is C22H33BrO5. The number of rotatable bonds is 12. The molecule has 0 aromatic carbocycles. The minimum absolute atomic E-state index is 0.0904. The number of unbranched alkanes of at least 4 members (excludes halogenated alkanes) is 1. The van der Waals surface area contributed by atoms with Gasteiger partial charge in [-0.2, -0.15) is 0 Å². The smallest absolute Gasteiger partial charge is 0.323 e. The lowest BCUT2D eigenvalue weighted by Crippen LogP contribution is -2.42. The molecule has 0 fully saturated rings. The van der Waals surface area contributed by atoms with Crippen LogP contribution in [0.4, 0.5) is 0 Å². The van der Waals surface area contributed by atoms with Crippen molar-refractivity contribution in [2.24, 2.45) is 10.8 Å². The van der Waals surface area contributed by atoms with Gasteiger partial charge in [-0.05, 0) is 37.6 Å².